The minimum atomic E-state index is -0.845. The molecule has 0 aliphatic rings. The molecule has 0 rings (SSSR count). The third kappa shape index (κ3) is 3.61. The van der Waals surface area contributed by atoms with Gasteiger partial charge in [0.05, 0.1) is 19.6 Å². The number of ether oxygens (including phenoxy) is 1. The van der Waals surface area contributed by atoms with E-state index < -0.39 is 12.1 Å². The van der Waals surface area contributed by atoms with E-state index in [1.165, 1.54) is 7.11 Å². The Balaban J connectivity index is 3.25. The van der Waals surface area contributed by atoms with Crippen molar-refractivity contribution in [3.05, 3.63) is 6.92 Å². The first-order chi connectivity index (χ1) is 3.66. The van der Waals surface area contributed by atoms with Crippen LogP contribution in [0.3, 0.4) is 0 Å². The van der Waals surface area contributed by atoms with Crippen molar-refractivity contribution < 1.29 is 14.6 Å². The lowest BCUT2D eigenvalue weighted by atomic mass is 10.3. The van der Waals surface area contributed by atoms with Crippen molar-refractivity contribution in [2.45, 2.75) is 12.5 Å². The zero-order chi connectivity index (χ0) is 6.57. The van der Waals surface area contributed by atoms with Gasteiger partial charge in [-0.25, -0.2) is 0 Å². The highest BCUT2D eigenvalue weighted by atomic mass is 16.5. The van der Waals surface area contributed by atoms with Crippen LogP contribution in [0, 0.1) is 6.92 Å². The molecule has 0 bridgehead atoms. The predicted octanol–water partition coefficient (Wildman–Crippen LogP) is -0.256. The summed E-state index contributed by atoms with van der Waals surface area (Å²) in [6, 6.07) is 0. The van der Waals surface area contributed by atoms with Crippen molar-refractivity contribution in [1.82, 2.24) is 0 Å². The fourth-order valence-electron chi connectivity index (χ4n) is 0.276. The normalized spacial score (nSPS) is 12.9. The number of aliphatic hydroxyl groups excluding tert-OH is 1. The molecule has 0 aromatic heterocycles. The van der Waals surface area contributed by atoms with Crippen molar-refractivity contribution in [2.24, 2.45) is 0 Å². The number of aliphatic hydroxyl groups is 1. The van der Waals surface area contributed by atoms with E-state index in [9.17, 15) is 4.79 Å². The molecule has 8 heavy (non-hydrogen) atoms. The molecule has 1 unspecified atom stereocenters. The second kappa shape index (κ2) is 3.43. The van der Waals surface area contributed by atoms with E-state index in [2.05, 4.69) is 11.7 Å². The smallest absolute Gasteiger partial charge is 0.308 e. The molecule has 0 heterocycles. The van der Waals surface area contributed by atoms with Crippen molar-refractivity contribution in [3.63, 3.8) is 0 Å². The number of hydrogen-bond donors (Lipinski definition) is 1. The third-order valence-corrected chi connectivity index (χ3v) is 0.630. The third-order valence-electron chi connectivity index (χ3n) is 0.630. The van der Waals surface area contributed by atoms with Gasteiger partial charge in [-0.15, -0.1) is 0 Å². The Labute approximate surface area is 48.3 Å². The van der Waals surface area contributed by atoms with E-state index in [1.807, 2.05) is 0 Å². The standard InChI is InChI=1S/C5H9O3/c1-4(6)3-5(7)8-2/h4,6H,1,3H2,2H3. The van der Waals surface area contributed by atoms with Crippen molar-refractivity contribution >= 4 is 5.97 Å². The second-order valence-electron chi connectivity index (χ2n) is 1.43. The Kier molecular flexibility index (Phi) is 3.19. The largest absolute Gasteiger partial charge is 0.469 e. The summed E-state index contributed by atoms with van der Waals surface area (Å²) in [6.07, 6.45) is -0.876. The highest BCUT2D eigenvalue weighted by molar-refractivity contribution is 5.69. The van der Waals surface area contributed by atoms with Crippen molar-refractivity contribution in [3.8, 4) is 0 Å². The quantitative estimate of drug-likeness (QED) is 0.507. The molecule has 0 saturated heterocycles. The molecule has 1 radical (unpaired) electrons. The Morgan fingerprint density at radius 2 is 2.50 bits per heavy atom. The maximum absolute atomic E-state index is 10.2. The zero-order valence-electron chi connectivity index (χ0n) is 4.76. The lowest BCUT2D eigenvalue weighted by Gasteiger charge is -1.99. The van der Waals surface area contributed by atoms with Gasteiger partial charge in [-0.3, -0.25) is 4.79 Å². The molecule has 0 spiro atoms. The maximum Gasteiger partial charge on any atom is 0.308 e. The first-order valence-corrected chi connectivity index (χ1v) is 2.24. The molecular weight excluding hydrogens is 108 g/mol. The Morgan fingerprint density at radius 3 is 2.62 bits per heavy atom. The number of esters is 1. The van der Waals surface area contributed by atoms with Gasteiger partial charge in [0.15, 0.2) is 0 Å². The van der Waals surface area contributed by atoms with Crippen LogP contribution in [0.2, 0.25) is 0 Å². The molecule has 0 saturated carbocycles. The molecule has 0 aromatic carbocycles. The molecule has 1 N–H and O–H groups in total. The number of carbonyl (C=O) groups is 1. The topological polar surface area (TPSA) is 46.5 Å². The van der Waals surface area contributed by atoms with Crippen molar-refractivity contribution in [1.29, 1.82) is 0 Å². The summed E-state index contributed by atoms with van der Waals surface area (Å²) in [4.78, 5) is 10.2. The zero-order valence-corrected chi connectivity index (χ0v) is 4.76. The highest BCUT2D eigenvalue weighted by Crippen LogP contribution is 1.89. The van der Waals surface area contributed by atoms with Crippen LogP contribution in [0.4, 0.5) is 0 Å². The van der Waals surface area contributed by atoms with E-state index in [1.54, 1.807) is 0 Å². The van der Waals surface area contributed by atoms with E-state index in [0.717, 1.165) is 0 Å². The van der Waals surface area contributed by atoms with Crippen LogP contribution in [0.1, 0.15) is 6.42 Å². The molecule has 0 fully saturated rings. The van der Waals surface area contributed by atoms with Crippen LogP contribution < -0.4 is 0 Å². The molecular formula is C5H9O3. The molecule has 0 aliphatic heterocycles. The number of rotatable bonds is 2. The molecule has 0 aromatic rings. The van der Waals surface area contributed by atoms with Crippen molar-refractivity contribution in [2.75, 3.05) is 7.11 Å². The number of methoxy groups -OCH3 is 1. The van der Waals surface area contributed by atoms with E-state index in [0.29, 0.717) is 0 Å². The van der Waals surface area contributed by atoms with Gasteiger partial charge in [-0.05, 0) is 6.92 Å². The summed E-state index contributed by atoms with van der Waals surface area (Å²) in [5, 5.41) is 8.44. The molecule has 47 valence electrons. The summed E-state index contributed by atoms with van der Waals surface area (Å²) < 4.78 is 4.22. The van der Waals surface area contributed by atoms with Gasteiger partial charge in [-0.1, -0.05) is 0 Å². The molecule has 0 aliphatic carbocycles. The summed E-state index contributed by atoms with van der Waals surface area (Å²) in [5.41, 5.74) is 0. The average molecular weight is 117 g/mol. The summed E-state index contributed by atoms with van der Waals surface area (Å²) in [7, 11) is 1.27. The van der Waals surface area contributed by atoms with Gasteiger partial charge in [0.2, 0.25) is 0 Å². The fraction of sp³-hybridized carbons (Fsp3) is 0.600. The fourth-order valence-corrected chi connectivity index (χ4v) is 0.276. The van der Waals surface area contributed by atoms with Crippen LogP contribution in [0.15, 0.2) is 0 Å². The predicted molar refractivity (Wildman–Crippen MR) is 28.0 cm³/mol. The lowest BCUT2D eigenvalue weighted by Crippen LogP contribution is -2.10. The lowest BCUT2D eigenvalue weighted by molar-refractivity contribution is -0.142. The Hall–Kier alpha value is -0.570. The first kappa shape index (κ1) is 7.43. The van der Waals surface area contributed by atoms with Gasteiger partial charge in [0.25, 0.3) is 0 Å². The second-order valence-corrected chi connectivity index (χ2v) is 1.43. The van der Waals surface area contributed by atoms with Crippen LogP contribution >= 0.6 is 0 Å². The minimum absolute atomic E-state index is 0.0312. The molecule has 0 amide bonds. The first-order valence-electron chi connectivity index (χ1n) is 2.24. The highest BCUT2D eigenvalue weighted by Gasteiger charge is 2.03. The van der Waals surface area contributed by atoms with E-state index in [-0.39, 0.29) is 6.42 Å². The van der Waals surface area contributed by atoms with E-state index >= 15 is 0 Å². The van der Waals surface area contributed by atoms with Crippen LogP contribution in [-0.4, -0.2) is 24.3 Å². The van der Waals surface area contributed by atoms with Crippen LogP contribution in [0.25, 0.3) is 0 Å². The van der Waals surface area contributed by atoms with Gasteiger partial charge in [0.1, 0.15) is 0 Å². The number of hydrogen-bond acceptors (Lipinski definition) is 3. The SMILES string of the molecule is [CH2]C(O)CC(=O)OC. The number of carbonyl (C=O) groups excluding carboxylic acids is 1. The molecule has 3 nitrogen and oxygen atoms in total. The Bertz CT molecular complexity index is 77.7. The summed E-state index contributed by atoms with van der Waals surface area (Å²) >= 11 is 0. The van der Waals surface area contributed by atoms with Gasteiger partial charge < -0.3 is 9.84 Å². The van der Waals surface area contributed by atoms with Crippen LogP contribution in [0.5, 0.6) is 0 Å². The van der Waals surface area contributed by atoms with Gasteiger partial charge >= 0.3 is 5.97 Å². The summed E-state index contributed by atoms with van der Waals surface area (Å²) in [6.45, 7) is 3.18. The maximum atomic E-state index is 10.2. The molecule has 3 heteroatoms. The van der Waals surface area contributed by atoms with Gasteiger partial charge in [0, 0.05) is 0 Å². The average Bonchev–Trinajstić information content (AvgIpc) is 1.65. The van der Waals surface area contributed by atoms with E-state index in [4.69, 9.17) is 5.11 Å². The molecule has 1 atom stereocenters. The minimum Gasteiger partial charge on any atom is -0.469 e. The summed E-state index contributed by atoms with van der Waals surface area (Å²) in [5.74, 6) is -0.438. The van der Waals surface area contributed by atoms with Crippen LogP contribution in [-0.2, 0) is 9.53 Å². The van der Waals surface area contributed by atoms with Gasteiger partial charge in [-0.2, -0.15) is 0 Å². The monoisotopic (exact) mass is 117 g/mol. The Morgan fingerprint density at radius 1 is 2.00 bits per heavy atom.